The van der Waals surface area contributed by atoms with E-state index in [2.05, 4.69) is 4.72 Å². The van der Waals surface area contributed by atoms with Gasteiger partial charge in [-0.15, -0.1) is 0 Å². The molecule has 1 saturated carbocycles. The first-order chi connectivity index (χ1) is 15.6. The smallest absolute Gasteiger partial charge is 0.255 e. The second kappa shape index (κ2) is 9.37. The van der Waals surface area contributed by atoms with Crippen LogP contribution in [0.5, 0.6) is 0 Å². The number of hydrogen-bond donors (Lipinski definition) is 1. The number of nitrogens with zero attached hydrogens (tertiary/aromatic N) is 1. The van der Waals surface area contributed by atoms with Crippen molar-refractivity contribution in [3.63, 3.8) is 0 Å². The summed E-state index contributed by atoms with van der Waals surface area (Å²) in [7, 11) is -3.50. The molecule has 33 heavy (non-hydrogen) atoms. The van der Waals surface area contributed by atoms with Crippen molar-refractivity contribution < 1.29 is 18.0 Å². The fraction of sp³-hybridized carbons (Fsp3) is 0.417. The number of halogens is 2. The quantitative estimate of drug-likeness (QED) is 0.632. The summed E-state index contributed by atoms with van der Waals surface area (Å²) in [6.07, 6.45) is 4.05. The van der Waals surface area contributed by atoms with E-state index in [4.69, 9.17) is 23.2 Å². The maximum atomic E-state index is 13.9. The van der Waals surface area contributed by atoms with Crippen LogP contribution in [0.4, 0.5) is 0 Å². The molecule has 9 heteroatoms. The Bertz CT molecular complexity index is 1200. The first-order valence-corrected chi connectivity index (χ1v) is 13.6. The van der Waals surface area contributed by atoms with Crippen LogP contribution in [-0.2, 0) is 14.8 Å². The Morgan fingerprint density at radius 3 is 2.42 bits per heavy atom. The lowest BCUT2D eigenvalue weighted by Gasteiger charge is -2.49. The van der Waals surface area contributed by atoms with Crippen molar-refractivity contribution in [2.45, 2.75) is 56.7 Å². The molecule has 0 aromatic heterocycles. The Morgan fingerprint density at radius 2 is 1.76 bits per heavy atom. The molecule has 4 rings (SSSR count). The number of hydrogen-bond acceptors (Lipinski definition) is 4. The molecule has 2 aliphatic rings. The van der Waals surface area contributed by atoms with E-state index in [0.29, 0.717) is 39.6 Å². The predicted molar refractivity (Wildman–Crippen MR) is 129 cm³/mol. The molecular weight excluding hydrogens is 483 g/mol. The molecule has 0 spiro atoms. The van der Waals surface area contributed by atoms with Gasteiger partial charge in [0.15, 0.2) is 0 Å². The van der Waals surface area contributed by atoms with Crippen molar-refractivity contribution in [1.29, 1.82) is 0 Å². The van der Waals surface area contributed by atoms with Crippen LogP contribution < -0.4 is 4.72 Å². The predicted octanol–water partition coefficient (Wildman–Crippen LogP) is 4.72. The third kappa shape index (κ3) is 4.83. The largest absolute Gasteiger partial charge is 0.326 e. The minimum absolute atomic E-state index is 0.0978. The summed E-state index contributed by atoms with van der Waals surface area (Å²) >= 11 is 12.7. The molecule has 1 aliphatic carbocycles. The molecule has 1 heterocycles. The van der Waals surface area contributed by atoms with Crippen LogP contribution in [0.15, 0.2) is 42.5 Å². The number of sulfonamides is 1. The molecule has 0 unspecified atom stereocenters. The summed E-state index contributed by atoms with van der Waals surface area (Å²) in [4.78, 5) is 28.7. The Kier molecular flexibility index (Phi) is 6.87. The highest BCUT2D eigenvalue weighted by Gasteiger charge is 2.48. The van der Waals surface area contributed by atoms with E-state index in [9.17, 15) is 18.0 Å². The van der Waals surface area contributed by atoms with Gasteiger partial charge in [-0.1, -0.05) is 60.3 Å². The first kappa shape index (κ1) is 24.2. The summed E-state index contributed by atoms with van der Waals surface area (Å²) in [6, 6.07) is 10.6. The van der Waals surface area contributed by atoms with Gasteiger partial charge in [-0.05, 0) is 49.1 Å². The number of ketones is 1. The highest BCUT2D eigenvalue weighted by atomic mass is 35.5. The van der Waals surface area contributed by atoms with Gasteiger partial charge in [0.2, 0.25) is 10.0 Å². The zero-order valence-corrected chi connectivity index (χ0v) is 20.8. The van der Waals surface area contributed by atoms with Crippen molar-refractivity contribution in [2.24, 2.45) is 0 Å². The first-order valence-electron chi connectivity index (χ1n) is 10.9. The lowest BCUT2D eigenvalue weighted by molar-refractivity contribution is -0.120. The van der Waals surface area contributed by atoms with Crippen LogP contribution >= 0.6 is 23.2 Å². The summed E-state index contributed by atoms with van der Waals surface area (Å²) in [5.41, 5.74) is 1.74. The van der Waals surface area contributed by atoms with Gasteiger partial charge in [0, 0.05) is 27.7 Å². The minimum Gasteiger partial charge on any atom is -0.326 e. The number of fused-ring (bicyclic) bond motifs is 1. The van der Waals surface area contributed by atoms with E-state index in [0.717, 1.165) is 19.1 Å². The topological polar surface area (TPSA) is 83.6 Å². The molecular formula is C24H26Cl2N2O4S. The zero-order valence-electron chi connectivity index (χ0n) is 18.4. The van der Waals surface area contributed by atoms with Gasteiger partial charge in [-0.3, -0.25) is 9.59 Å². The molecule has 1 aliphatic heterocycles. The van der Waals surface area contributed by atoms with Gasteiger partial charge in [0.05, 0.1) is 18.2 Å². The Hall–Kier alpha value is -1.93. The van der Waals surface area contributed by atoms with Gasteiger partial charge in [0.25, 0.3) is 5.91 Å². The Labute approximate surface area is 204 Å². The highest BCUT2D eigenvalue weighted by Crippen LogP contribution is 2.48. The standard InChI is InChI=1S/C24H26Cl2N2O4S/c1-14(29)22-16-7-3-4-8-17(16)24(30)28(23(22)18-12-11-15(25)13-19(18)26)21-10-6-5-9-20(21)27-33(2,31)32/h3-4,7-8,11-13,20-23,27H,5-6,9-10H2,1-2H3/t20-,21-,22+,23-/m0/s1. The molecule has 176 valence electrons. The van der Waals surface area contributed by atoms with Crippen LogP contribution in [0.1, 0.15) is 66.1 Å². The minimum atomic E-state index is -3.50. The molecule has 2 aromatic carbocycles. The maximum absolute atomic E-state index is 13.9. The van der Waals surface area contributed by atoms with E-state index < -0.39 is 34.1 Å². The average Bonchev–Trinajstić information content (AvgIpc) is 2.73. The average molecular weight is 509 g/mol. The fourth-order valence-corrected chi connectivity index (χ4v) is 6.63. The zero-order chi connectivity index (χ0) is 23.9. The SMILES string of the molecule is CC(=O)[C@@H]1c2ccccc2C(=O)N([C@H]2CCCC[C@@H]2NS(C)(=O)=O)[C@H]1c1ccc(Cl)cc1Cl. The fourth-order valence-electron chi connectivity index (χ4n) is 5.28. The van der Waals surface area contributed by atoms with Crippen molar-refractivity contribution in [3.8, 4) is 0 Å². The molecule has 0 radical (unpaired) electrons. The van der Waals surface area contributed by atoms with Crippen molar-refractivity contribution >= 4 is 44.9 Å². The molecule has 0 bridgehead atoms. The second-order valence-corrected chi connectivity index (χ2v) is 11.5. The lowest BCUT2D eigenvalue weighted by atomic mass is 9.75. The maximum Gasteiger partial charge on any atom is 0.255 e. The van der Waals surface area contributed by atoms with Crippen molar-refractivity contribution in [2.75, 3.05) is 6.26 Å². The normalized spacial score (nSPS) is 25.6. The van der Waals surface area contributed by atoms with E-state index in [-0.39, 0.29) is 11.7 Å². The number of amides is 1. The summed E-state index contributed by atoms with van der Waals surface area (Å²) in [5, 5.41) is 0.811. The molecule has 1 amide bonds. The molecule has 6 nitrogen and oxygen atoms in total. The van der Waals surface area contributed by atoms with Crippen LogP contribution in [0.3, 0.4) is 0 Å². The number of benzene rings is 2. The number of nitrogens with one attached hydrogen (secondary N) is 1. The Morgan fingerprint density at radius 1 is 1.06 bits per heavy atom. The highest BCUT2D eigenvalue weighted by molar-refractivity contribution is 7.88. The van der Waals surface area contributed by atoms with Gasteiger partial charge < -0.3 is 4.90 Å². The van der Waals surface area contributed by atoms with Crippen LogP contribution in [-0.4, -0.2) is 43.3 Å². The second-order valence-electron chi connectivity index (χ2n) is 8.85. The Balaban J connectivity index is 1.93. The number of carbonyl (C=O) groups excluding carboxylic acids is 2. The summed E-state index contributed by atoms with van der Waals surface area (Å²) in [5.74, 6) is -0.968. The molecule has 0 saturated heterocycles. The summed E-state index contributed by atoms with van der Waals surface area (Å²) < 4.78 is 27.0. The van der Waals surface area contributed by atoms with Gasteiger partial charge in [-0.2, -0.15) is 0 Å². The van der Waals surface area contributed by atoms with Gasteiger partial charge >= 0.3 is 0 Å². The molecule has 1 fully saturated rings. The van der Waals surface area contributed by atoms with Crippen molar-refractivity contribution in [3.05, 3.63) is 69.2 Å². The molecule has 2 aromatic rings. The van der Waals surface area contributed by atoms with Crippen LogP contribution in [0.2, 0.25) is 10.0 Å². The number of rotatable bonds is 5. The monoisotopic (exact) mass is 508 g/mol. The van der Waals surface area contributed by atoms with Crippen LogP contribution in [0, 0.1) is 0 Å². The van der Waals surface area contributed by atoms with E-state index >= 15 is 0 Å². The lowest BCUT2D eigenvalue weighted by Crippen LogP contribution is -2.58. The number of Topliss-reactive ketones (excluding diaryl/α,β-unsaturated/α-hetero) is 1. The van der Waals surface area contributed by atoms with E-state index in [1.807, 2.05) is 6.07 Å². The van der Waals surface area contributed by atoms with Crippen LogP contribution in [0.25, 0.3) is 0 Å². The number of carbonyl (C=O) groups is 2. The van der Waals surface area contributed by atoms with Crippen molar-refractivity contribution in [1.82, 2.24) is 9.62 Å². The van der Waals surface area contributed by atoms with Gasteiger partial charge in [0.1, 0.15) is 5.78 Å². The van der Waals surface area contributed by atoms with E-state index in [1.54, 1.807) is 41.3 Å². The molecule has 1 N–H and O–H groups in total. The van der Waals surface area contributed by atoms with Gasteiger partial charge in [-0.25, -0.2) is 13.1 Å². The van der Waals surface area contributed by atoms with E-state index in [1.165, 1.54) is 6.92 Å². The molecule has 4 atom stereocenters. The third-order valence-electron chi connectivity index (χ3n) is 6.55. The third-order valence-corrected chi connectivity index (χ3v) is 7.84. The summed E-state index contributed by atoms with van der Waals surface area (Å²) in [6.45, 7) is 1.51.